The van der Waals surface area contributed by atoms with Gasteiger partial charge < -0.3 is 20.7 Å². The Balaban J connectivity index is 0.00000625. The Morgan fingerprint density at radius 2 is 2.04 bits per heavy atom. The third-order valence-corrected chi connectivity index (χ3v) is 3.74. The molecule has 0 unspecified atom stereocenters. The number of halogens is 4. The van der Waals surface area contributed by atoms with Gasteiger partial charge in [0.2, 0.25) is 5.91 Å². The molecular weight excluding hydrogens is 486 g/mol. The monoisotopic (exact) mass is 509 g/mol. The molecule has 1 aromatic rings. The van der Waals surface area contributed by atoms with Crippen LogP contribution in [-0.4, -0.2) is 56.7 Å². The summed E-state index contributed by atoms with van der Waals surface area (Å²) in [4.78, 5) is 19.2. The molecule has 1 heterocycles. The zero-order valence-electron chi connectivity index (χ0n) is 14.5. The van der Waals surface area contributed by atoms with E-state index in [0.717, 1.165) is 16.7 Å². The number of nitrogens with zero attached hydrogens (tertiary/aromatic N) is 2. The van der Waals surface area contributed by atoms with E-state index >= 15 is 0 Å². The van der Waals surface area contributed by atoms with Crippen LogP contribution in [0.15, 0.2) is 10.4 Å². The molecule has 7 nitrogen and oxygen atoms in total. The van der Waals surface area contributed by atoms with Crippen molar-refractivity contribution in [1.82, 2.24) is 20.9 Å². The molecule has 0 atom stereocenters. The van der Waals surface area contributed by atoms with Gasteiger partial charge in [0.15, 0.2) is 11.7 Å². The van der Waals surface area contributed by atoms with Gasteiger partial charge in [0.05, 0.1) is 11.6 Å². The summed E-state index contributed by atoms with van der Waals surface area (Å²) in [6, 6.07) is 0. The fourth-order valence-corrected chi connectivity index (χ4v) is 2.49. The number of carbonyl (C=O) groups excluding carboxylic acids is 1. The lowest BCUT2D eigenvalue weighted by atomic mass is 10.4. The molecule has 150 valence electrons. The second kappa shape index (κ2) is 13.1. The van der Waals surface area contributed by atoms with Gasteiger partial charge in [-0.15, -0.1) is 35.3 Å². The molecule has 0 spiro atoms. The third kappa shape index (κ3) is 10.1. The Morgan fingerprint density at radius 1 is 1.31 bits per heavy atom. The zero-order chi connectivity index (χ0) is 18.7. The van der Waals surface area contributed by atoms with Crippen molar-refractivity contribution in [2.45, 2.75) is 19.5 Å². The summed E-state index contributed by atoms with van der Waals surface area (Å²) in [6.45, 7) is 3.57. The molecule has 1 rings (SSSR count). The molecule has 0 aliphatic rings. The van der Waals surface area contributed by atoms with E-state index in [2.05, 4.69) is 25.9 Å². The molecule has 0 aliphatic heterocycles. The number of aromatic nitrogens is 1. The average Bonchev–Trinajstić information content (AvgIpc) is 3.02. The van der Waals surface area contributed by atoms with Crippen LogP contribution in [-0.2, 0) is 22.1 Å². The molecule has 12 heteroatoms. The summed E-state index contributed by atoms with van der Waals surface area (Å²) in [5.41, 5.74) is -0.874. The van der Waals surface area contributed by atoms with Crippen molar-refractivity contribution in [1.29, 1.82) is 0 Å². The predicted molar refractivity (Wildman–Crippen MR) is 105 cm³/mol. The number of carbonyl (C=O) groups is 1. The van der Waals surface area contributed by atoms with E-state index in [4.69, 9.17) is 4.74 Å². The van der Waals surface area contributed by atoms with Crippen molar-refractivity contribution in [3.05, 3.63) is 16.1 Å². The fraction of sp³-hybridized carbons (Fsp3) is 0.643. The highest BCUT2D eigenvalue weighted by atomic mass is 127. The lowest BCUT2D eigenvalue weighted by Gasteiger charge is -2.10. The highest BCUT2D eigenvalue weighted by molar-refractivity contribution is 14.0. The quantitative estimate of drug-likeness (QED) is 0.204. The standard InChI is InChI=1S/C14H22F3N5O2S.HI/c1-3-18-13(21-8-11(23)19-6-7-24-2)20-5-4-12-22-10(9-25-12)14(15,16)17;/h9H,3-8H2,1-2H3,(H,19,23)(H2,18,20,21);1H. The molecule has 3 N–H and O–H groups in total. The van der Waals surface area contributed by atoms with Crippen LogP contribution in [0.25, 0.3) is 0 Å². The van der Waals surface area contributed by atoms with Crippen LogP contribution < -0.4 is 16.0 Å². The minimum absolute atomic E-state index is 0. The van der Waals surface area contributed by atoms with Crippen molar-refractivity contribution in [3.63, 3.8) is 0 Å². The van der Waals surface area contributed by atoms with Crippen molar-refractivity contribution in [3.8, 4) is 0 Å². The van der Waals surface area contributed by atoms with Crippen LogP contribution in [0.1, 0.15) is 17.6 Å². The van der Waals surface area contributed by atoms with E-state index in [0.29, 0.717) is 43.6 Å². The number of nitrogens with one attached hydrogen (secondary N) is 3. The Kier molecular flexibility index (Phi) is 12.5. The molecule has 0 fully saturated rings. The number of aliphatic imine (C=N–C) groups is 1. The van der Waals surface area contributed by atoms with Gasteiger partial charge >= 0.3 is 6.18 Å². The lowest BCUT2D eigenvalue weighted by Crippen LogP contribution is -2.39. The first-order chi connectivity index (χ1) is 11.9. The fourth-order valence-electron chi connectivity index (χ4n) is 1.68. The molecular formula is C14H23F3IN5O2S. The number of ether oxygens (including phenoxy) is 1. The molecule has 26 heavy (non-hydrogen) atoms. The van der Waals surface area contributed by atoms with E-state index in [1.807, 2.05) is 6.92 Å². The van der Waals surface area contributed by atoms with E-state index in [-0.39, 0.29) is 36.4 Å². The molecule has 0 aromatic carbocycles. The van der Waals surface area contributed by atoms with Crippen molar-refractivity contribution in [2.75, 3.05) is 39.9 Å². The molecule has 0 saturated heterocycles. The number of hydrogen-bond acceptors (Lipinski definition) is 5. The number of rotatable bonds is 9. The Bertz CT molecular complexity index is 569. The van der Waals surface area contributed by atoms with Gasteiger partial charge in [-0.1, -0.05) is 0 Å². The van der Waals surface area contributed by atoms with Gasteiger partial charge in [-0.2, -0.15) is 13.2 Å². The van der Waals surface area contributed by atoms with Gasteiger partial charge in [0, 0.05) is 38.5 Å². The first kappa shape index (κ1) is 24.8. The molecule has 1 amide bonds. The van der Waals surface area contributed by atoms with Crippen LogP contribution in [0.3, 0.4) is 0 Å². The molecule has 0 bridgehead atoms. The van der Waals surface area contributed by atoms with Crippen LogP contribution in [0, 0.1) is 0 Å². The predicted octanol–water partition coefficient (Wildman–Crippen LogP) is 1.64. The highest BCUT2D eigenvalue weighted by Crippen LogP contribution is 2.29. The highest BCUT2D eigenvalue weighted by Gasteiger charge is 2.33. The summed E-state index contributed by atoms with van der Waals surface area (Å²) in [5.74, 6) is 0.168. The topological polar surface area (TPSA) is 87.6 Å². The minimum Gasteiger partial charge on any atom is -0.383 e. The van der Waals surface area contributed by atoms with Crippen molar-refractivity contribution < 1.29 is 22.7 Å². The SMILES string of the molecule is CCNC(=NCC(=O)NCCOC)NCCc1nc(C(F)(F)F)cs1.I. The van der Waals surface area contributed by atoms with Gasteiger partial charge in [-0.05, 0) is 6.92 Å². The minimum atomic E-state index is -4.42. The third-order valence-electron chi connectivity index (χ3n) is 2.83. The lowest BCUT2D eigenvalue weighted by molar-refractivity contribution is -0.140. The maximum atomic E-state index is 12.5. The van der Waals surface area contributed by atoms with E-state index in [1.165, 1.54) is 7.11 Å². The van der Waals surface area contributed by atoms with Gasteiger partial charge in [0.25, 0.3) is 0 Å². The number of guanidine groups is 1. The number of methoxy groups -OCH3 is 1. The van der Waals surface area contributed by atoms with Crippen LogP contribution in [0.5, 0.6) is 0 Å². The first-order valence-electron chi connectivity index (χ1n) is 7.66. The van der Waals surface area contributed by atoms with E-state index in [1.54, 1.807) is 0 Å². The molecule has 1 aromatic heterocycles. The van der Waals surface area contributed by atoms with E-state index in [9.17, 15) is 18.0 Å². The Hall–Kier alpha value is -1.15. The largest absolute Gasteiger partial charge is 0.434 e. The first-order valence-corrected chi connectivity index (χ1v) is 8.54. The van der Waals surface area contributed by atoms with Gasteiger partial charge in [-0.3, -0.25) is 4.79 Å². The normalized spacial score (nSPS) is 11.7. The van der Waals surface area contributed by atoms with Crippen molar-refractivity contribution in [2.24, 2.45) is 4.99 Å². The van der Waals surface area contributed by atoms with Crippen molar-refractivity contribution >= 4 is 47.2 Å². The van der Waals surface area contributed by atoms with E-state index < -0.39 is 11.9 Å². The summed E-state index contributed by atoms with van der Waals surface area (Å²) < 4.78 is 42.3. The maximum Gasteiger partial charge on any atom is 0.434 e. The maximum absolute atomic E-state index is 12.5. The summed E-state index contributed by atoms with van der Waals surface area (Å²) >= 11 is 0.964. The zero-order valence-corrected chi connectivity index (χ0v) is 17.6. The van der Waals surface area contributed by atoms with Crippen LogP contribution in [0.2, 0.25) is 0 Å². The van der Waals surface area contributed by atoms with Crippen LogP contribution >= 0.6 is 35.3 Å². The smallest absolute Gasteiger partial charge is 0.383 e. The number of alkyl halides is 3. The summed E-state index contributed by atoms with van der Waals surface area (Å²) in [7, 11) is 1.54. The summed E-state index contributed by atoms with van der Waals surface area (Å²) in [6.07, 6.45) is -4.10. The van der Waals surface area contributed by atoms with Gasteiger partial charge in [-0.25, -0.2) is 9.98 Å². The molecule has 0 radical (unpaired) electrons. The molecule has 0 aliphatic carbocycles. The average molecular weight is 509 g/mol. The number of hydrogen-bond donors (Lipinski definition) is 3. The van der Waals surface area contributed by atoms with Crippen LogP contribution in [0.4, 0.5) is 13.2 Å². The number of amides is 1. The molecule has 0 saturated carbocycles. The Labute approximate surface area is 171 Å². The summed E-state index contributed by atoms with van der Waals surface area (Å²) in [5, 5.41) is 9.94. The second-order valence-electron chi connectivity index (χ2n) is 4.84. The number of thiazole rings is 1. The Morgan fingerprint density at radius 3 is 2.62 bits per heavy atom. The van der Waals surface area contributed by atoms with Gasteiger partial charge in [0.1, 0.15) is 6.54 Å². The second-order valence-corrected chi connectivity index (χ2v) is 5.78.